The number of hydrogen-bond acceptors (Lipinski definition) is 3. The van der Waals surface area contributed by atoms with Gasteiger partial charge in [-0.05, 0) is 67.9 Å². The highest BCUT2D eigenvalue weighted by atomic mass is 16.1. The molecule has 0 spiro atoms. The van der Waals surface area contributed by atoms with Crippen molar-refractivity contribution in [3.8, 4) is 0 Å². The Hall–Kier alpha value is -2.82. The van der Waals surface area contributed by atoms with Gasteiger partial charge in [-0.1, -0.05) is 30.3 Å². The fraction of sp³-hybridized carbons (Fsp3) is 0.417. The number of aryl methyl sites for hydroxylation is 2. The third-order valence-corrected chi connectivity index (χ3v) is 6.48. The largest absolute Gasteiger partial charge is 0.349 e. The number of rotatable bonds is 3. The van der Waals surface area contributed by atoms with Gasteiger partial charge in [-0.25, -0.2) is 4.98 Å². The van der Waals surface area contributed by atoms with E-state index in [1.807, 2.05) is 0 Å². The Morgan fingerprint density at radius 3 is 2.83 bits per heavy atom. The molecule has 2 aromatic carbocycles. The number of piperidine rings is 1. The number of amides is 1. The number of H-pyrrole nitrogens is 1. The van der Waals surface area contributed by atoms with Crippen LogP contribution >= 0.6 is 0 Å². The number of carbonyl (C=O) groups excluding carboxylic acids is 1. The van der Waals surface area contributed by atoms with Crippen LogP contribution in [0, 0.1) is 12.8 Å². The van der Waals surface area contributed by atoms with Gasteiger partial charge in [0.05, 0.1) is 17.1 Å². The van der Waals surface area contributed by atoms with Crippen molar-refractivity contribution in [2.24, 2.45) is 5.92 Å². The molecule has 2 N–H and O–H groups in total. The zero-order valence-electron chi connectivity index (χ0n) is 16.9. The van der Waals surface area contributed by atoms with Gasteiger partial charge in [0.25, 0.3) is 0 Å². The van der Waals surface area contributed by atoms with Crippen LogP contribution in [0.5, 0.6) is 0 Å². The number of aromatic amines is 1. The van der Waals surface area contributed by atoms with Crippen LogP contribution in [0.4, 0.5) is 5.95 Å². The maximum absolute atomic E-state index is 12.9. The van der Waals surface area contributed by atoms with E-state index in [1.54, 1.807) is 0 Å². The zero-order chi connectivity index (χ0) is 19.8. The van der Waals surface area contributed by atoms with Crippen molar-refractivity contribution in [1.29, 1.82) is 0 Å². The molecule has 1 amide bonds. The van der Waals surface area contributed by atoms with E-state index >= 15 is 0 Å². The van der Waals surface area contributed by atoms with E-state index in [2.05, 4.69) is 64.6 Å². The standard InChI is InChI=1S/C24H28N4O/c1-16-9-10-21-22(15-16)27-24(26-21)28-13-11-18(12-14-28)23(29)25-20-8-4-6-17-5-2-3-7-19(17)20/h2-3,5,7,9-10,15,18,20H,4,6,8,11-14H2,1H3,(H,25,29)(H,26,27)/t20-/m1/s1. The van der Waals surface area contributed by atoms with Gasteiger partial charge in [0.2, 0.25) is 11.9 Å². The van der Waals surface area contributed by atoms with Gasteiger partial charge in [-0.2, -0.15) is 0 Å². The lowest BCUT2D eigenvalue weighted by Crippen LogP contribution is -2.42. The first kappa shape index (κ1) is 18.2. The van der Waals surface area contributed by atoms with E-state index in [-0.39, 0.29) is 17.9 Å². The second-order valence-electron chi connectivity index (χ2n) is 8.49. The number of benzene rings is 2. The molecule has 2 heterocycles. The Bertz CT molecular complexity index is 1030. The van der Waals surface area contributed by atoms with Gasteiger partial charge >= 0.3 is 0 Å². The number of fused-ring (bicyclic) bond motifs is 2. The minimum atomic E-state index is 0.0898. The molecule has 5 nitrogen and oxygen atoms in total. The molecule has 1 atom stereocenters. The Balaban J connectivity index is 1.22. The summed E-state index contributed by atoms with van der Waals surface area (Å²) in [6.45, 7) is 3.81. The van der Waals surface area contributed by atoms with Crippen LogP contribution in [-0.2, 0) is 11.2 Å². The third kappa shape index (κ3) is 3.61. The topological polar surface area (TPSA) is 61.0 Å². The fourth-order valence-electron chi connectivity index (χ4n) is 4.81. The summed E-state index contributed by atoms with van der Waals surface area (Å²) in [6, 6.07) is 15.0. The van der Waals surface area contributed by atoms with Gasteiger partial charge in [0, 0.05) is 19.0 Å². The number of anilines is 1. The summed E-state index contributed by atoms with van der Waals surface area (Å²) in [7, 11) is 0. The van der Waals surface area contributed by atoms with Crippen molar-refractivity contribution in [1.82, 2.24) is 15.3 Å². The van der Waals surface area contributed by atoms with Crippen molar-refractivity contribution in [3.63, 3.8) is 0 Å². The van der Waals surface area contributed by atoms with Crippen LogP contribution in [-0.4, -0.2) is 29.0 Å². The monoisotopic (exact) mass is 388 g/mol. The normalized spacial score (nSPS) is 19.9. The molecule has 150 valence electrons. The van der Waals surface area contributed by atoms with E-state index in [4.69, 9.17) is 4.98 Å². The summed E-state index contributed by atoms with van der Waals surface area (Å²) < 4.78 is 0. The molecule has 1 fully saturated rings. The number of hydrogen-bond donors (Lipinski definition) is 2. The molecule has 1 saturated heterocycles. The molecule has 0 saturated carbocycles. The van der Waals surface area contributed by atoms with E-state index in [1.165, 1.54) is 16.7 Å². The molecule has 3 aromatic rings. The Morgan fingerprint density at radius 2 is 1.97 bits per heavy atom. The van der Waals surface area contributed by atoms with Crippen LogP contribution < -0.4 is 10.2 Å². The van der Waals surface area contributed by atoms with E-state index in [0.717, 1.165) is 62.2 Å². The van der Waals surface area contributed by atoms with E-state index in [9.17, 15) is 4.79 Å². The van der Waals surface area contributed by atoms with Crippen LogP contribution in [0.15, 0.2) is 42.5 Å². The molecular formula is C24H28N4O. The molecule has 1 aliphatic heterocycles. The van der Waals surface area contributed by atoms with Crippen molar-refractivity contribution < 1.29 is 4.79 Å². The predicted octanol–water partition coefficient (Wildman–Crippen LogP) is 4.28. The number of nitrogens with zero attached hydrogens (tertiary/aromatic N) is 2. The van der Waals surface area contributed by atoms with Crippen molar-refractivity contribution >= 4 is 22.9 Å². The maximum Gasteiger partial charge on any atom is 0.223 e. The first-order valence-electron chi connectivity index (χ1n) is 10.8. The molecule has 0 radical (unpaired) electrons. The lowest BCUT2D eigenvalue weighted by Gasteiger charge is -2.33. The predicted molar refractivity (Wildman–Crippen MR) is 116 cm³/mol. The highest BCUT2D eigenvalue weighted by Crippen LogP contribution is 2.31. The molecule has 5 rings (SSSR count). The summed E-state index contributed by atoms with van der Waals surface area (Å²) in [6.07, 6.45) is 5.05. The Labute approximate surface area is 171 Å². The second kappa shape index (κ2) is 7.54. The maximum atomic E-state index is 12.9. The van der Waals surface area contributed by atoms with E-state index < -0.39 is 0 Å². The lowest BCUT2D eigenvalue weighted by atomic mass is 9.87. The summed E-state index contributed by atoms with van der Waals surface area (Å²) in [5.74, 6) is 1.23. The third-order valence-electron chi connectivity index (χ3n) is 6.48. The number of nitrogens with one attached hydrogen (secondary N) is 2. The molecule has 29 heavy (non-hydrogen) atoms. The molecule has 0 unspecified atom stereocenters. The Kier molecular flexibility index (Phi) is 4.74. The summed E-state index contributed by atoms with van der Waals surface area (Å²) in [5, 5.41) is 3.35. The van der Waals surface area contributed by atoms with Gasteiger partial charge < -0.3 is 15.2 Å². The van der Waals surface area contributed by atoms with Gasteiger partial charge in [-0.15, -0.1) is 0 Å². The lowest BCUT2D eigenvalue weighted by molar-refractivity contribution is -0.126. The SMILES string of the molecule is Cc1ccc2nc(N3CCC(C(=O)N[C@@H]4CCCc5ccccc54)CC3)[nH]c2c1. The zero-order valence-corrected chi connectivity index (χ0v) is 16.9. The van der Waals surface area contributed by atoms with Crippen molar-refractivity contribution in [3.05, 3.63) is 59.2 Å². The molecule has 0 bridgehead atoms. The number of carbonyl (C=O) groups is 1. The van der Waals surface area contributed by atoms with E-state index in [0.29, 0.717) is 0 Å². The van der Waals surface area contributed by atoms with Crippen LogP contribution in [0.1, 0.15) is 48.4 Å². The number of imidazole rings is 1. The molecule has 2 aliphatic rings. The smallest absolute Gasteiger partial charge is 0.223 e. The Morgan fingerprint density at radius 1 is 1.14 bits per heavy atom. The highest BCUT2D eigenvalue weighted by molar-refractivity contribution is 5.80. The minimum absolute atomic E-state index is 0.0898. The second-order valence-corrected chi connectivity index (χ2v) is 8.49. The first-order chi connectivity index (χ1) is 14.2. The molecule has 1 aliphatic carbocycles. The van der Waals surface area contributed by atoms with Gasteiger partial charge in [0.1, 0.15) is 0 Å². The van der Waals surface area contributed by atoms with Crippen LogP contribution in [0.3, 0.4) is 0 Å². The quantitative estimate of drug-likeness (QED) is 0.704. The number of aromatic nitrogens is 2. The summed E-state index contributed by atoms with van der Waals surface area (Å²) in [4.78, 5) is 23.4. The van der Waals surface area contributed by atoms with Crippen molar-refractivity contribution in [2.45, 2.75) is 45.1 Å². The molecular weight excluding hydrogens is 360 g/mol. The van der Waals surface area contributed by atoms with Crippen LogP contribution in [0.25, 0.3) is 11.0 Å². The first-order valence-corrected chi connectivity index (χ1v) is 10.8. The molecule has 1 aromatic heterocycles. The molecule has 5 heteroatoms. The van der Waals surface area contributed by atoms with Gasteiger partial charge in [0.15, 0.2) is 0 Å². The fourth-order valence-corrected chi connectivity index (χ4v) is 4.81. The summed E-state index contributed by atoms with van der Waals surface area (Å²) in [5.41, 5.74) is 6.01. The minimum Gasteiger partial charge on any atom is -0.349 e. The van der Waals surface area contributed by atoms with Crippen LogP contribution in [0.2, 0.25) is 0 Å². The van der Waals surface area contributed by atoms with Crippen molar-refractivity contribution in [2.75, 3.05) is 18.0 Å². The highest BCUT2D eigenvalue weighted by Gasteiger charge is 2.29. The average Bonchev–Trinajstić information content (AvgIpc) is 3.17. The average molecular weight is 389 g/mol. The summed E-state index contributed by atoms with van der Waals surface area (Å²) >= 11 is 0. The van der Waals surface area contributed by atoms with Gasteiger partial charge in [-0.3, -0.25) is 4.79 Å².